The molecule has 1 amide bonds. The Morgan fingerprint density at radius 2 is 2.15 bits per heavy atom. The number of carbonyl (C=O) groups excluding carboxylic acids is 1. The van der Waals surface area contributed by atoms with E-state index in [1.165, 1.54) is 5.69 Å². The fourth-order valence-electron chi connectivity index (χ4n) is 3.92. The Labute approximate surface area is 160 Å². The number of H-pyrrole nitrogens is 1. The van der Waals surface area contributed by atoms with Crippen molar-refractivity contribution in [1.29, 1.82) is 0 Å². The third kappa shape index (κ3) is 2.51. The second-order valence-corrected chi connectivity index (χ2v) is 7.44. The lowest BCUT2D eigenvalue weighted by molar-refractivity contribution is 0.0737. The summed E-state index contributed by atoms with van der Waals surface area (Å²) in [5, 5.41) is 6.44. The van der Waals surface area contributed by atoms with E-state index in [-0.39, 0.29) is 5.91 Å². The Bertz CT molecular complexity index is 1220. The van der Waals surface area contributed by atoms with E-state index in [9.17, 15) is 4.79 Å². The van der Waals surface area contributed by atoms with Crippen molar-refractivity contribution < 1.29 is 9.32 Å². The van der Waals surface area contributed by atoms with Gasteiger partial charge in [-0.1, -0.05) is 16.8 Å². The predicted octanol–water partition coefficient (Wildman–Crippen LogP) is 4.17. The first kappa shape index (κ1) is 16.3. The smallest absolute Gasteiger partial charge is 0.258 e. The average molecular weight is 381 g/mol. The predicted molar refractivity (Wildman–Crippen MR) is 103 cm³/mol. The van der Waals surface area contributed by atoms with Crippen molar-refractivity contribution in [3.8, 4) is 0 Å². The van der Waals surface area contributed by atoms with E-state index in [2.05, 4.69) is 15.1 Å². The van der Waals surface area contributed by atoms with Crippen molar-refractivity contribution in [1.82, 2.24) is 20.0 Å². The van der Waals surface area contributed by atoms with Crippen LogP contribution in [0.1, 0.15) is 33.0 Å². The van der Waals surface area contributed by atoms with Gasteiger partial charge >= 0.3 is 0 Å². The molecule has 0 aliphatic carbocycles. The molecule has 1 aliphatic heterocycles. The third-order valence-corrected chi connectivity index (χ3v) is 5.44. The van der Waals surface area contributed by atoms with Gasteiger partial charge in [0.15, 0.2) is 0 Å². The maximum absolute atomic E-state index is 13.3. The van der Waals surface area contributed by atoms with Crippen LogP contribution in [0, 0.1) is 13.8 Å². The monoisotopic (exact) mass is 380 g/mol. The minimum Gasteiger partial charge on any atom is -0.358 e. The molecule has 7 heteroatoms. The van der Waals surface area contributed by atoms with Crippen molar-refractivity contribution >= 4 is 39.5 Å². The van der Waals surface area contributed by atoms with Crippen LogP contribution in [0.4, 0.5) is 0 Å². The van der Waals surface area contributed by atoms with Crippen molar-refractivity contribution in [3.05, 3.63) is 57.5 Å². The van der Waals surface area contributed by atoms with Gasteiger partial charge in [0.05, 0.1) is 16.6 Å². The molecule has 0 atom stereocenters. The molecule has 4 heterocycles. The van der Waals surface area contributed by atoms with Crippen molar-refractivity contribution in [2.24, 2.45) is 0 Å². The zero-order valence-electron chi connectivity index (χ0n) is 15.0. The van der Waals surface area contributed by atoms with Gasteiger partial charge in [-0.15, -0.1) is 0 Å². The number of halogens is 1. The van der Waals surface area contributed by atoms with E-state index in [0.717, 1.165) is 28.6 Å². The Balaban J connectivity index is 1.57. The summed E-state index contributed by atoms with van der Waals surface area (Å²) in [6, 6.07) is 7.63. The number of benzene rings is 1. The summed E-state index contributed by atoms with van der Waals surface area (Å²) in [5.74, 6) is -0.0289. The number of fused-ring (bicyclic) bond motifs is 4. The molecule has 4 aromatic rings. The molecule has 6 nitrogen and oxygen atoms in total. The number of aryl methyl sites for hydroxylation is 2. The van der Waals surface area contributed by atoms with Gasteiger partial charge in [-0.2, -0.15) is 0 Å². The summed E-state index contributed by atoms with van der Waals surface area (Å²) in [6.07, 6.45) is 0.781. The Morgan fingerprint density at radius 1 is 1.30 bits per heavy atom. The van der Waals surface area contributed by atoms with Gasteiger partial charge in [-0.3, -0.25) is 4.79 Å². The highest BCUT2D eigenvalue weighted by Crippen LogP contribution is 2.31. The van der Waals surface area contributed by atoms with Crippen molar-refractivity contribution in [2.45, 2.75) is 26.8 Å². The SMILES string of the molecule is Cc1cc(C(=O)N2CCc3[nH]c4ccc(Cl)cc4c3C2)c2c(C)noc2n1. The van der Waals surface area contributed by atoms with Crippen molar-refractivity contribution in [2.75, 3.05) is 6.54 Å². The van der Waals surface area contributed by atoms with Crippen LogP contribution in [0.3, 0.4) is 0 Å². The van der Waals surface area contributed by atoms with Crippen LogP contribution in [-0.4, -0.2) is 32.5 Å². The summed E-state index contributed by atoms with van der Waals surface area (Å²) in [5.41, 5.74) is 5.78. The minimum atomic E-state index is -0.0289. The van der Waals surface area contributed by atoms with Gasteiger partial charge < -0.3 is 14.4 Å². The first-order valence-corrected chi connectivity index (χ1v) is 9.21. The summed E-state index contributed by atoms with van der Waals surface area (Å²) in [4.78, 5) is 23.0. The van der Waals surface area contributed by atoms with E-state index in [0.29, 0.717) is 40.5 Å². The molecule has 5 rings (SSSR count). The molecule has 0 fully saturated rings. The fraction of sp³-hybridized carbons (Fsp3) is 0.250. The van der Waals surface area contributed by atoms with E-state index >= 15 is 0 Å². The second kappa shape index (κ2) is 5.82. The summed E-state index contributed by atoms with van der Waals surface area (Å²) in [6.45, 7) is 4.88. The maximum Gasteiger partial charge on any atom is 0.258 e. The van der Waals surface area contributed by atoms with Gasteiger partial charge in [0.1, 0.15) is 0 Å². The van der Waals surface area contributed by atoms with Crippen LogP contribution in [0.5, 0.6) is 0 Å². The van der Waals surface area contributed by atoms with Gasteiger partial charge in [-0.25, -0.2) is 4.98 Å². The molecule has 1 aromatic carbocycles. The first-order chi connectivity index (χ1) is 13.0. The zero-order chi connectivity index (χ0) is 18.7. The lowest BCUT2D eigenvalue weighted by atomic mass is 10.0. The number of nitrogens with one attached hydrogen (secondary N) is 1. The Morgan fingerprint density at radius 3 is 3.00 bits per heavy atom. The zero-order valence-corrected chi connectivity index (χ0v) is 15.7. The largest absolute Gasteiger partial charge is 0.358 e. The lowest BCUT2D eigenvalue weighted by Crippen LogP contribution is -2.36. The topological polar surface area (TPSA) is 75.0 Å². The van der Waals surface area contributed by atoms with Crippen molar-refractivity contribution in [3.63, 3.8) is 0 Å². The van der Waals surface area contributed by atoms with Crippen LogP contribution in [0.2, 0.25) is 5.02 Å². The highest BCUT2D eigenvalue weighted by Gasteiger charge is 2.27. The number of rotatable bonds is 1. The van der Waals surface area contributed by atoms with E-state index < -0.39 is 0 Å². The summed E-state index contributed by atoms with van der Waals surface area (Å²) < 4.78 is 5.27. The quantitative estimate of drug-likeness (QED) is 0.537. The van der Waals surface area contributed by atoms with Crippen LogP contribution in [0.25, 0.3) is 22.0 Å². The standard InChI is InChI=1S/C20H17ClN4O2/c1-10-7-14(18-11(2)24-27-19(18)22-10)20(26)25-6-5-17-15(9-25)13-8-12(21)3-4-16(13)23-17/h3-4,7-8,23H,5-6,9H2,1-2H3. The molecule has 0 radical (unpaired) electrons. The number of amides is 1. The van der Waals surface area contributed by atoms with E-state index in [1.807, 2.05) is 43.0 Å². The van der Waals surface area contributed by atoms with Crippen LogP contribution >= 0.6 is 11.6 Å². The number of hydrogen-bond donors (Lipinski definition) is 1. The number of aromatic amines is 1. The van der Waals surface area contributed by atoms with Gasteiger partial charge in [0.25, 0.3) is 11.6 Å². The molecule has 1 aliphatic rings. The van der Waals surface area contributed by atoms with Crippen LogP contribution < -0.4 is 0 Å². The molecular formula is C20H17ClN4O2. The number of carbonyl (C=O) groups is 1. The molecule has 136 valence electrons. The molecule has 0 unspecified atom stereocenters. The van der Waals surface area contributed by atoms with Crippen LogP contribution in [-0.2, 0) is 13.0 Å². The number of aromatic nitrogens is 3. The highest BCUT2D eigenvalue weighted by atomic mass is 35.5. The van der Waals surface area contributed by atoms with Gasteiger partial charge in [0.2, 0.25) is 0 Å². The van der Waals surface area contributed by atoms with E-state index in [1.54, 1.807) is 0 Å². The first-order valence-electron chi connectivity index (χ1n) is 8.83. The summed E-state index contributed by atoms with van der Waals surface area (Å²) in [7, 11) is 0. The second-order valence-electron chi connectivity index (χ2n) is 7.01. The lowest BCUT2D eigenvalue weighted by Gasteiger charge is -2.27. The maximum atomic E-state index is 13.3. The summed E-state index contributed by atoms with van der Waals surface area (Å²) >= 11 is 6.18. The average Bonchev–Trinajstić information content (AvgIpc) is 3.20. The van der Waals surface area contributed by atoms with Gasteiger partial charge in [-0.05, 0) is 38.1 Å². The fourth-order valence-corrected chi connectivity index (χ4v) is 4.09. The molecule has 0 saturated carbocycles. The van der Waals surface area contributed by atoms with Gasteiger partial charge in [0, 0.05) is 52.4 Å². The molecule has 0 bridgehead atoms. The number of hydrogen-bond acceptors (Lipinski definition) is 4. The highest BCUT2D eigenvalue weighted by molar-refractivity contribution is 6.31. The Kier molecular flexibility index (Phi) is 3.52. The molecule has 0 spiro atoms. The Hall–Kier alpha value is -2.86. The molecule has 27 heavy (non-hydrogen) atoms. The molecule has 0 saturated heterocycles. The molecule has 3 aromatic heterocycles. The number of nitrogens with zero attached hydrogens (tertiary/aromatic N) is 3. The normalized spacial score (nSPS) is 14.1. The molecule has 1 N–H and O–H groups in total. The minimum absolute atomic E-state index is 0.0289. The molecular weight excluding hydrogens is 364 g/mol. The van der Waals surface area contributed by atoms with Crippen LogP contribution in [0.15, 0.2) is 28.8 Å². The third-order valence-electron chi connectivity index (χ3n) is 5.20. The van der Waals surface area contributed by atoms with E-state index in [4.69, 9.17) is 16.1 Å². The number of pyridine rings is 1.